The van der Waals surface area contributed by atoms with Gasteiger partial charge >= 0.3 is 6.18 Å². The van der Waals surface area contributed by atoms with Crippen LogP contribution >= 0.6 is 0 Å². The highest BCUT2D eigenvalue weighted by Gasteiger charge is 2.35. The van der Waals surface area contributed by atoms with Gasteiger partial charge in [0.1, 0.15) is 0 Å². The Morgan fingerprint density at radius 3 is 0.934 bits per heavy atom. The van der Waals surface area contributed by atoms with Gasteiger partial charge in [-0.05, 0) is 148 Å². The topological polar surface area (TPSA) is 33.6 Å². The first kappa shape index (κ1) is 48.0. The van der Waals surface area contributed by atoms with E-state index in [4.69, 9.17) is 0 Å². The third-order valence-electron chi connectivity index (χ3n) is 15.0. The Kier molecular flexibility index (Phi) is 11.5. The maximum Gasteiger partial charge on any atom is 0.417 e. The van der Waals surface area contributed by atoms with E-state index in [9.17, 15) is 5.26 Å². The van der Waals surface area contributed by atoms with Gasteiger partial charge in [0.05, 0.1) is 50.6 Å². The van der Waals surface area contributed by atoms with Crippen LogP contribution in [0.25, 0.3) is 111 Å². The maximum atomic E-state index is 15.3. The van der Waals surface area contributed by atoms with Crippen molar-refractivity contribution >= 4 is 43.6 Å². The van der Waals surface area contributed by atoms with Crippen molar-refractivity contribution in [3.05, 3.63) is 238 Å². The van der Waals surface area contributed by atoms with E-state index >= 15 is 13.2 Å². The van der Waals surface area contributed by atoms with Crippen molar-refractivity contribution in [1.29, 1.82) is 5.26 Å². The molecule has 370 valence electrons. The number of benzene rings is 10. The van der Waals surface area contributed by atoms with E-state index in [-0.39, 0.29) is 16.7 Å². The van der Waals surface area contributed by atoms with Crippen LogP contribution in [0.4, 0.5) is 13.2 Å². The van der Waals surface area contributed by atoms with Gasteiger partial charge in [-0.3, -0.25) is 0 Å². The second-order valence-corrected chi connectivity index (χ2v) is 21.1. The molecule has 0 saturated carbocycles. The molecule has 2 aromatic heterocycles. The zero-order chi connectivity index (χ0) is 52.9. The lowest BCUT2D eigenvalue weighted by atomic mass is 9.94. The Morgan fingerprint density at radius 2 is 0.632 bits per heavy atom. The van der Waals surface area contributed by atoms with Crippen molar-refractivity contribution in [2.75, 3.05) is 0 Å². The molecule has 0 fully saturated rings. The van der Waals surface area contributed by atoms with Gasteiger partial charge in [-0.15, -0.1) is 0 Å². The molecule has 12 aromatic rings. The van der Waals surface area contributed by atoms with Crippen LogP contribution in [0.1, 0.15) is 55.6 Å². The van der Waals surface area contributed by atoms with Gasteiger partial charge in [-0.25, -0.2) is 0 Å². The predicted octanol–water partition coefficient (Wildman–Crippen LogP) is 19.6. The molecule has 6 heteroatoms. The number of alkyl halides is 3. The molecular weight excluding hydrogens is 940 g/mol. The van der Waals surface area contributed by atoms with E-state index in [0.29, 0.717) is 11.4 Å². The molecule has 0 aliphatic carbocycles. The van der Waals surface area contributed by atoms with Crippen LogP contribution in [-0.4, -0.2) is 9.13 Å². The van der Waals surface area contributed by atoms with Crippen LogP contribution in [0, 0.1) is 66.7 Å². The summed E-state index contributed by atoms with van der Waals surface area (Å²) < 4.78 is 50.4. The van der Waals surface area contributed by atoms with E-state index in [1.165, 1.54) is 12.1 Å². The third kappa shape index (κ3) is 8.43. The summed E-state index contributed by atoms with van der Waals surface area (Å²) in [5.74, 6) is 0. The summed E-state index contributed by atoms with van der Waals surface area (Å²) in [6.07, 6.45) is -4.70. The van der Waals surface area contributed by atoms with Crippen molar-refractivity contribution in [2.24, 2.45) is 0 Å². The number of hydrogen-bond donors (Lipinski definition) is 0. The van der Waals surface area contributed by atoms with Crippen molar-refractivity contribution in [1.82, 2.24) is 9.13 Å². The Hall–Kier alpha value is -8.92. The molecule has 0 spiro atoms. The quantitative estimate of drug-likeness (QED) is 0.157. The minimum Gasteiger partial charge on any atom is -0.307 e. The maximum absolute atomic E-state index is 15.3. The van der Waals surface area contributed by atoms with Crippen molar-refractivity contribution in [3.8, 4) is 73.1 Å². The van der Waals surface area contributed by atoms with Gasteiger partial charge < -0.3 is 9.13 Å². The summed E-state index contributed by atoms with van der Waals surface area (Å²) in [4.78, 5) is 0. The predicted molar refractivity (Wildman–Crippen MR) is 310 cm³/mol. The summed E-state index contributed by atoms with van der Waals surface area (Å²) in [7, 11) is 0. The van der Waals surface area contributed by atoms with Gasteiger partial charge in [0, 0.05) is 27.1 Å². The fraction of sp³-hybridized carbons (Fsp3) is 0.129. The van der Waals surface area contributed by atoms with Crippen LogP contribution < -0.4 is 0 Å². The molecule has 0 N–H and O–H groups in total. The van der Waals surface area contributed by atoms with E-state index < -0.39 is 11.7 Å². The molecular formula is C70H54F3N3. The van der Waals surface area contributed by atoms with Crippen molar-refractivity contribution < 1.29 is 13.2 Å². The zero-order valence-corrected chi connectivity index (χ0v) is 43.8. The Labute approximate surface area is 441 Å². The molecule has 12 rings (SSSR count). The molecule has 2 heterocycles. The van der Waals surface area contributed by atoms with Crippen LogP contribution in [-0.2, 0) is 6.18 Å². The van der Waals surface area contributed by atoms with Gasteiger partial charge in [-0.2, -0.15) is 18.4 Å². The number of aromatic nitrogens is 2. The largest absolute Gasteiger partial charge is 0.417 e. The Bertz CT molecular complexity index is 4140. The smallest absolute Gasteiger partial charge is 0.307 e. The minimum absolute atomic E-state index is 0.0663. The summed E-state index contributed by atoms with van der Waals surface area (Å²) in [6.45, 7) is 16.9. The lowest BCUT2D eigenvalue weighted by molar-refractivity contribution is -0.137. The highest BCUT2D eigenvalue weighted by atomic mass is 19.4. The molecule has 76 heavy (non-hydrogen) atoms. The Balaban J connectivity index is 1.28. The van der Waals surface area contributed by atoms with Crippen LogP contribution in [0.2, 0.25) is 0 Å². The summed E-state index contributed by atoms with van der Waals surface area (Å²) in [5.41, 5.74) is 21.7. The Morgan fingerprint density at radius 1 is 0.329 bits per heavy atom. The molecule has 3 nitrogen and oxygen atoms in total. The lowest BCUT2D eigenvalue weighted by Gasteiger charge is -2.21. The fourth-order valence-corrected chi connectivity index (χ4v) is 12.1. The molecule has 0 unspecified atom stereocenters. The average molecular weight is 994 g/mol. The first-order valence-electron chi connectivity index (χ1n) is 25.7. The number of nitrogens with zero attached hydrogens (tertiary/aromatic N) is 3. The van der Waals surface area contributed by atoms with E-state index in [1.807, 2.05) is 12.1 Å². The third-order valence-corrected chi connectivity index (χ3v) is 15.0. The molecule has 0 amide bonds. The van der Waals surface area contributed by atoms with Crippen molar-refractivity contribution in [3.63, 3.8) is 0 Å². The first-order chi connectivity index (χ1) is 36.5. The van der Waals surface area contributed by atoms with Crippen molar-refractivity contribution in [2.45, 2.75) is 61.6 Å². The summed E-state index contributed by atoms with van der Waals surface area (Å²) >= 11 is 0. The van der Waals surface area contributed by atoms with Crippen LogP contribution in [0.5, 0.6) is 0 Å². The number of hydrogen-bond acceptors (Lipinski definition) is 1. The fourth-order valence-electron chi connectivity index (χ4n) is 12.1. The van der Waals surface area contributed by atoms with E-state index in [1.54, 1.807) is 6.07 Å². The van der Waals surface area contributed by atoms with Gasteiger partial charge in [0.25, 0.3) is 0 Å². The van der Waals surface area contributed by atoms with Gasteiger partial charge in [-0.1, -0.05) is 184 Å². The van der Waals surface area contributed by atoms with Gasteiger partial charge in [0.2, 0.25) is 0 Å². The number of rotatable bonds is 7. The summed E-state index contributed by atoms with van der Waals surface area (Å²) in [6, 6.07) is 64.2. The second kappa shape index (κ2) is 18.2. The number of aryl methyl sites for hydroxylation is 8. The molecule has 0 aliphatic heterocycles. The number of fused-ring (bicyclic) bond motifs is 6. The SMILES string of the molecule is Cc1cc(C)cc(-c2ccc3c4ccc(-c5cc(C)cc(C)c5)cc4n(-c4cc(C#N)c(-c5ccccc5C(F)(F)F)cc4-n4c5cc(-c6cc(C)cc(C)c6)ccc5c5ccc(-c6cc(C)cc(C)c6)cc54)c3c2)c1. The van der Waals surface area contributed by atoms with E-state index in [0.717, 1.165) is 139 Å². The summed E-state index contributed by atoms with van der Waals surface area (Å²) in [5, 5.41) is 15.3. The highest BCUT2D eigenvalue weighted by Crippen LogP contribution is 2.46. The zero-order valence-electron chi connectivity index (χ0n) is 43.8. The number of halogens is 3. The van der Waals surface area contributed by atoms with Crippen LogP contribution in [0.15, 0.2) is 182 Å². The second-order valence-electron chi connectivity index (χ2n) is 21.1. The highest BCUT2D eigenvalue weighted by molar-refractivity contribution is 6.14. The van der Waals surface area contributed by atoms with Crippen LogP contribution in [0.3, 0.4) is 0 Å². The molecule has 0 radical (unpaired) electrons. The number of nitriles is 1. The molecule has 0 aliphatic rings. The molecule has 0 atom stereocenters. The molecule has 0 bridgehead atoms. The van der Waals surface area contributed by atoms with E-state index in [2.05, 4.69) is 216 Å². The normalized spacial score (nSPS) is 11.9. The minimum atomic E-state index is -4.70. The lowest BCUT2D eigenvalue weighted by Crippen LogP contribution is -2.09. The first-order valence-corrected chi connectivity index (χ1v) is 25.7. The molecule has 10 aromatic carbocycles. The monoisotopic (exact) mass is 993 g/mol. The average Bonchev–Trinajstić information content (AvgIpc) is 3.88. The standard InChI is InChI=1S/C70H54F3N3/c1-40-21-41(2)26-52(25-40)48-13-17-58-59-18-14-49(53-27-42(3)22-43(4)28-53)34-65(59)75(64(58)33-48)68-37-56(39-74)62(57-11-9-10-12-63(57)70(71,72)73)38-69(68)76-66-35-50(54-29-44(5)23-45(6)30-54)15-19-60(66)61-20-16-51(36-67(61)76)55-31-46(7)24-47(8)32-55/h9-38H,1-8H3. The van der Waals surface area contributed by atoms with Gasteiger partial charge in [0.15, 0.2) is 0 Å². The molecule has 0 saturated heterocycles.